The summed E-state index contributed by atoms with van der Waals surface area (Å²) in [7, 11) is 1.90. The largest absolute Gasteiger partial charge is 0.512 e. The molecule has 168 valence electrons. The minimum Gasteiger partial charge on any atom is -0.512 e. The van der Waals surface area contributed by atoms with Crippen molar-refractivity contribution in [2.24, 2.45) is 5.92 Å². The molecule has 2 aliphatic carbocycles. The Labute approximate surface area is 189 Å². The van der Waals surface area contributed by atoms with E-state index in [0.717, 1.165) is 53.8 Å². The van der Waals surface area contributed by atoms with E-state index < -0.39 is 0 Å². The maximum absolute atomic E-state index is 10.1. The molecule has 0 radical (unpaired) electrons. The Morgan fingerprint density at radius 3 is 2.56 bits per heavy atom. The fourth-order valence-corrected chi connectivity index (χ4v) is 3.75. The number of allylic oxidation sites excluding steroid dienone is 4. The summed E-state index contributed by atoms with van der Waals surface area (Å²) in [5, 5.41) is 29.7. The van der Waals surface area contributed by atoms with Crippen molar-refractivity contribution in [1.82, 2.24) is 15.6 Å². The van der Waals surface area contributed by atoms with Crippen molar-refractivity contribution in [3.8, 4) is 0 Å². The van der Waals surface area contributed by atoms with Crippen LogP contribution >= 0.6 is 0 Å². The number of aromatic nitrogens is 1. The molecule has 32 heavy (non-hydrogen) atoms. The van der Waals surface area contributed by atoms with Gasteiger partial charge in [0.1, 0.15) is 5.76 Å². The Morgan fingerprint density at radius 1 is 1.09 bits per heavy atom. The number of aliphatic hydroxyl groups excluding tert-OH is 2. The number of rotatable bonds is 10. The lowest BCUT2D eigenvalue weighted by molar-refractivity contribution is 0.367. The van der Waals surface area contributed by atoms with Crippen molar-refractivity contribution in [1.29, 1.82) is 0 Å². The van der Waals surface area contributed by atoms with Gasteiger partial charge in [0.15, 0.2) is 0 Å². The van der Waals surface area contributed by atoms with E-state index >= 15 is 0 Å². The van der Waals surface area contributed by atoms with E-state index in [9.17, 15) is 10.2 Å². The second-order valence-corrected chi connectivity index (χ2v) is 8.51. The zero-order chi connectivity index (χ0) is 22.3. The summed E-state index contributed by atoms with van der Waals surface area (Å²) in [4.78, 5) is 4.54. The van der Waals surface area contributed by atoms with Gasteiger partial charge < -0.3 is 26.2 Å². The van der Waals surface area contributed by atoms with E-state index in [4.69, 9.17) is 0 Å². The topological polar surface area (TPSA) is 89.4 Å². The molecule has 0 atom stereocenters. The third kappa shape index (κ3) is 6.14. The number of hydrogen-bond donors (Lipinski definition) is 5. The first kappa shape index (κ1) is 22.0. The van der Waals surface area contributed by atoms with Gasteiger partial charge in [-0.25, -0.2) is 0 Å². The summed E-state index contributed by atoms with van der Waals surface area (Å²) in [5.74, 6) is 2.18. The van der Waals surface area contributed by atoms with Crippen LogP contribution in [0.3, 0.4) is 0 Å². The zero-order valence-corrected chi connectivity index (χ0v) is 18.6. The molecule has 6 nitrogen and oxygen atoms in total. The smallest absolute Gasteiger partial charge is 0.122 e. The van der Waals surface area contributed by atoms with Crippen molar-refractivity contribution in [3.05, 3.63) is 88.9 Å². The summed E-state index contributed by atoms with van der Waals surface area (Å²) in [6, 6.07) is 12.3. The van der Waals surface area contributed by atoms with Gasteiger partial charge in [-0.3, -0.25) is 4.98 Å². The maximum atomic E-state index is 10.1. The van der Waals surface area contributed by atoms with Crippen molar-refractivity contribution in [2.45, 2.75) is 38.6 Å². The van der Waals surface area contributed by atoms with E-state index in [1.54, 1.807) is 0 Å². The van der Waals surface area contributed by atoms with Crippen LogP contribution in [0.1, 0.15) is 42.5 Å². The first-order valence-electron chi connectivity index (χ1n) is 11.3. The molecule has 0 spiro atoms. The van der Waals surface area contributed by atoms with Crippen LogP contribution in [0, 0.1) is 5.92 Å². The molecule has 1 aromatic carbocycles. The van der Waals surface area contributed by atoms with E-state index in [2.05, 4.69) is 51.3 Å². The summed E-state index contributed by atoms with van der Waals surface area (Å²) in [6.45, 7) is 1.91. The minimum atomic E-state index is 0.154. The van der Waals surface area contributed by atoms with Crippen LogP contribution in [0.5, 0.6) is 0 Å². The molecule has 0 aliphatic heterocycles. The Bertz CT molecular complexity index is 1000. The van der Waals surface area contributed by atoms with Crippen LogP contribution in [-0.4, -0.2) is 28.8 Å². The standard InChI is InChI=1S/C26H32N4O2/c1-27-26(30-22-10-9-21(29-17-22)16-28-15-19-2-3-19)13-6-18-4-7-20(8-5-18)24-12-11-23(31)14-25(24)32/h4-5,7-10,13-14,17,19,27-28,30-32H,2-3,6,11-12,15-16H2,1H3/b26-13+. The van der Waals surface area contributed by atoms with Crippen LogP contribution in [0.4, 0.5) is 5.69 Å². The Morgan fingerprint density at radius 2 is 1.91 bits per heavy atom. The van der Waals surface area contributed by atoms with Gasteiger partial charge in [-0.1, -0.05) is 24.3 Å². The molecule has 0 bridgehead atoms. The monoisotopic (exact) mass is 432 g/mol. The third-order valence-electron chi connectivity index (χ3n) is 5.90. The zero-order valence-electron chi connectivity index (χ0n) is 18.6. The van der Waals surface area contributed by atoms with Gasteiger partial charge >= 0.3 is 0 Å². The first-order valence-corrected chi connectivity index (χ1v) is 11.3. The van der Waals surface area contributed by atoms with Crippen molar-refractivity contribution < 1.29 is 10.2 Å². The number of nitrogens with zero attached hydrogens (tertiary/aromatic N) is 1. The van der Waals surface area contributed by atoms with Crippen LogP contribution < -0.4 is 16.0 Å². The van der Waals surface area contributed by atoms with Crippen molar-refractivity contribution >= 4 is 11.3 Å². The number of pyridine rings is 1. The fourth-order valence-electron chi connectivity index (χ4n) is 3.75. The number of nitrogens with one attached hydrogen (secondary N) is 3. The molecule has 1 aromatic heterocycles. The average molecular weight is 433 g/mol. The summed E-state index contributed by atoms with van der Waals surface area (Å²) < 4.78 is 0. The lowest BCUT2D eigenvalue weighted by Gasteiger charge is -2.14. The molecule has 2 aliphatic rings. The second kappa shape index (κ2) is 10.4. The van der Waals surface area contributed by atoms with Gasteiger partial charge in [0.2, 0.25) is 0 Å². The van der Waals surface area contributed by atoms with Gasteiger partial charge in [-0.15, -0.1) is 0 Å². The lowest BCUT2D eigenvalue weighted by atomic mass is 9.94. The van der Waals surface area contributed by atoms with Crippen LogP contribution in [-0.2, 0) is 13.0 Å². The highest BCUT2D eigenvalue weighted by Crippen LogP contribution is 2.30. The molecule has 1 heterocycles. The van der Waals surface area contributed by atoms with Gasteiger partial charge in [-0.05, 0) is 67.5 Å². The van der Waals surface area contributed by atoms with Crippen LogP contribution in [0.15, 0.2) is 72.1 Å². The molecule has 0 unspecified atom stereocenters. The number of hydrogen-bond acceptors (Lipinski definition) is 6. The molecule has 0 saturated heterocycles. The van der Waals surface area contributed by atoms with Crippen molar-refractivity contribution in [3.63, 3.8) is 0 Å². The molecular weight excluding hydrogens is 400 g/mol. The normalized spacial score (nSPS) is 16.7. The summed E-state index contributed by atoms with van der Waals surface area (Å²) in [5.41, 5.74) is 5.04. The predicted octanol–water partition coefficient (Wildman–Crippen LogP) is 4.80. The Hall–Kier alpha value is -3.25. The second-order valence-electron chi connectivity index (χ2n) is 8.51. The average Bonchev–Trinajstić information content (AvgIpc) is 3.63. The Kier molecular flexibility index (Phi) is 7.12. The van der Waals surface area contributed by atoms with E-state index in [1.165, 1.54) is 24.5 Å². The minimum absolute atomic E-state index is 0.154. The van der Waals surface area contributed by atoms with Gasteiger partial charge in [0, 0.05) is 31.7 Å². The predicted molar refractivity (Wildman–Crippen MR) is 129 cm³/mol. The molecule has 6 heteroatoms. The van der Waals surface area contributed by atoms with E-state index in [-0.39, 0.29) is 11.5 Å². The van der Waals surface area contributed by atoms with E-state index in [1.807, 2.05) is 25.4 Å². The van der Waals surface area contributed by atoms with E-state index in [0.29, 0.717) is 12.8 Å². The lowest BCUT2D eigenvalue weighted by Crippen LogP contribution is -2.17. The molecule has 5 N–H and O–H groups in total. The molecule has 0 amide bonds. The maximum Gasteiger partial charge on any atom is 0.122 e. The van der Waals surface area contributed by atoms with Crippen LogP contribution in [0.2, 0.25) is 0 Å². The van der Waals surface area contributed by atoms with Gasteiger partial charge in [0.25, 0.3) is 0 Å². The highest BCUT2D eigenvalue weighted by atomic mass is 16.3. The van der Waals surface area contributed by atoms with Crippen molar-refractivity contribution in [2.75, 3.05) is 18.9 Å². The fraction of sp³-hybridized carbons (Fsp3) is 0.346. The molecule has 4 rings (SSSR count). The van der Waals surface area contributed by atoms with Gasteiger partial charge in [0.05, 0.1) is 29.2 Å². The highest BCUT2D eigenvalue weighted by Gasteiger charge is 2.20. The molecule has 1 fully saturated rings. The third-order valence-corrected chi connectivity index (χ3v) is 5.90. The number of benzene rings is 1. The first-order chi connectivity index (χ1) is 15.6. The SMILES string of the molecule is CN/C(=C\Cc1ccc(C2=C(O)C=C(O)CC2)cc1)Nc1ccc(CNCC2CC2)nc1. The summed E-state index contributed by atoms with van der Waals surface area (Å²) in [6.07, 6.45) is 10.1. The summed E-state index contributed by atoms with van der Waals surface area (Å²) >= 11 is 0. The number of anilines is 1. The van der Waals surface area contributed by atoms with Crippen LogP contribution in [0.25, 0.3) is 5.57 Å². The van der Waals surface area contributed by atoms with Gasteiger partial charge in [-0.2, -0.15) is 0 Å². The molecular formula is C26H32N4O2. The highest BCUT2D eigenvalue weighted by molar-refractivity contribution is 5.70. The Balaban J connectivity index is 1.32. The number of aliphatic hydroxyl groups is 2. The molecule has 2 aromatic rings. The molecule has 1 saturated carbocycles. The quantitative estimate of drug-likeness (QED) is 0.371.